The number of halogens is 3. The first-order valence-corrected chi connectivity index (χ1v) is 4.60. The molecule has 1 rings (SSSR count). The van der Waals surface area contributed by atoms with Gasteiger partial charge in [0.25, 0.3) is 0 Å². The summed E-state index contributed by atoms with van der Waals surface area (Å²) in [5.74, 6) is 0. The molecule has 0 spiro atoms. The van der Waals surface area contributed by atoms with E-state index in [1.54, 1.807) is 12.1 Å². The Balaban J connectivity index is 0.000000791. The maximum Gasteiger partial charge on any atom is 0.393 e. The SMILES string of the molecule is CC.Cc1ccc(CC(F)(F)F)cc1. The van der Waals surface area contributed by atoms with Crippen LogP contribution in [0, 0.1) is 6.92 Å². The molecule has 0 N–H and O–H groups in total. The van der Waals surface area contributed by atoms with Crippen LogP contribution in [0.15, 0.2) is 24.3 Å². The minimum absolute atomic E-state index is 0.313. The average molecular weight is 204 g/mol. The van der Waals surface area contributed by atoms with Crippen molar-refractivity contribution in [3.63, 3.8) is 0 Å². The van der Waals surface area contributed by atoms with Crippen molar-refractivity contribution >= 4 is 0 Å². The fraction of sp³-hybridized carbons (Fsp3) is 0.455. The molecule has 0 aliphatic rings. The zero-order valence-electron chi connectivity index (χ0n) is 8.65. The number of benzene rings is 1. The van der Waals surface area contributed by atoms with Crippen LogP contribution in [-0.2, 0) is 6.42 Å². The van der Waals surface area contributed by atoms with E-state index in [9.17, 15) is 13.2 Å². The number of hydrogen-bond donors (Lipinski definition) is 0. The Labute approximate surface area is 82.8 Å². The van der Waals surface area contributed by atoms with Crippen LogP contribution in [0.5, 0.6) is 0 Å². The van der Waals surface area contributed by atoms with Crippen molar-refractivity contribution in [2.24, 2.45) is 0 Å². The van der Waals surface area contributed by atoms with Gasteiger partial charge in [0.2, 0.25) is 0 Å². The predicted octanol–water partition coefficient (Wildman–Crippen LogP) is 4.13. The third-order valence-corrected chi connectivity index (χ3v) is 1.53. The van der Waals surface area contributed by atoms with E-state index in [0.29, 0.717) is 5.56 Å². The molecule has 0 amide bonds. The lowest BCUT2D eigenvalue weighted by Crippen LogP contribution is -2.11. The van der Waals surface area contributed by atoms with Gasteiger partial charge in [0.15, 0.2) is 0 Å². The highest BCUT2D eigenvalue weighted by molar-refractivity contribution is 5.21. The van der Waals surface area contributed by atoms with Gasteiger partial charge in [0.1, 0.15) is 0 Å². The number of hydrogen-bond acceptors (Lipinski definition) is 0. The van der Waals surface area contributed by atoms with Crippen LogP contribution in [0.3, 0.4) is 0 Å². The van der Waals surface area contributed by atoms with Gasteiger partial charge >= 0.3 is 6.18 Å². The first-order valence-electron chi connectivity index (χ1n) is 4.60. The molecule has 0 bridgehead atoms. The summed E-state index contributed by atoms with van der Waals surface area (Å²) < 4.78 is 35.5. The van der Waals surface area contributed by atoms with Crippen molar-refractivity contribution in [1.82, 2.24) is 0 Å². The average Bonchev–Trinajstić information content (AvgIpc) is 2.10. The van der Waals surface area contributed by atoms with Gasteiger partial charge in [-0.25, -0.2) is 0 Å². The summed E-state index contributed by atoms with van der Waals surface area (Å²) in [6.45, 7) is 5.84. The smallest absolute Gasteiger partial charge is 0.171 e. The number of alkyl halides is 3. The number of rotatable bonds is 1. The predicted molar refractivity (Wildman–Crippen MR) is 52.3 cm³/mol. The van der Waals surface area contributed by atoms with Crippen LogP contribution < -0.4 is 0 Å². The first kappa shape index (κ1) is 13.0. The molecule has 0 nitrogen and oxygen atoms in total. The van der Waals surface area contributed by atoms with Crippen LogP contribution in [-0.4, -0.2) is 6.18 Å². The van der Waals surface area contributed by atoms with Gasteiger partial charge in [-0.1, -0.05) is 43.7 Å². The maximum absolute atomic E-state index is 11.8. The summed E-state index contributed by atoms with van der Waals surface area (Å²) in [4.78, 5) is 0. The van der Waals surface area contributed by atoms with Crippen LogP contribution in [0.4, 0.5) is 13.2 Å². The Bertz CT molecular complexity index is 246. The summed E-state index contributed by atoms with van der Waals surface area (Å²) in [6.07, 6.45) is -4.94. The molecule has 1 aromatic rings. The highest BCUT2D eigenvalue weighted by atomic mass is 19.4. The molecule has 0 saturated carbocycles. The molecule has 0 fully saturated rings. The zero-order valence-corrected chi connectivity index (χ0v) is 8.65. The van der Waals surface area contributed by atoms with E-state index in [2.05, 4.69) is 0 Å². The molecule has 0 aliphatic heterocycles. The van der Waals surface area contributed by atoms with Crippen LogP contribution >= 0.6 is 0 Å². The minimum atomic E-state index is -4.10. The molecule has 0 saturated heterocycles. The van der Waals surface area contributed by atoms with Crippen LogP contribution in [0.2, 0.25) is 0 Å². The third kappa shape index (κ3) is 5.62. The van der Waals surface area contributed by atoms with Crippen molar-refractivity contribution < 1.29 is 13.2 Å². The minimum Gasteiger partial charge on any atom is -0.171 e. The molecule has 0 aromatic heterocycles. The summed E-state index contributed by atoms with van der Waals surface area (Å²) in [5, 5.41) is 0. The van der Waals surface area contributed by atoms with E-state index < -0.39 is 12.6 Å². The molecule has 0 atom stereocenters. The van der Waals surface area contributed by atoms with E-state index in [-0.39, 0.29) is 0 Å². The maximum atomic E-state index is 11.8. The Morgan fingerprint density at radius 3 is 1.79 bits per heavy atom. The topological polar surface area (TPSA) is 0 Å². The lowest BCUT2D eigenvalue weighted by atomic mass is 10.1. The second-order valence-electron chi connectivity index (χ2n) is 2.78. The van der Waals surface area contributed by atoms with E-state index in [0.717, 1.165) is 5.56 Å². The van der Waals surface area contributed by atoms with E-state index in [4.69, 9.17) is 0 Å². The van der Waals surface area contributed by atoms with Gasteiger partial charge in [-0.05, 0) is 12.5 Å². The van der Waals surface area contributed by atoms with Gasteiger partial charge in [0, 0.05) is 0 Å². The standard InChI is InChI=1S/C9H9F3.C2H6/c1-7-2-4-8(5-3-7)6-9(10,11)12;1-2/h2-5H,6H2,1H3;1-2H3. The van der Waals surface area contributed by atoms with Crippen LogP contribution in [0.25, 0.3) is 0 Å². The molecule has 80 valence electrons. The largest absolute Gasteiger partial charge is 0.393 e. The van der Waals surface area contributed by atoms with E-state index in [1.165, 1.54) is 12.1 Å². The van der Waals surface area contributed by atoms with Gasteiger partial charge in [-0.2, -0.15) is 13.2 Å². The number of aryl methyl sites for hydroxylation is 1. The van der Waals surface area contributed by atoms with Gasteiger partial charge in [-0.3, -0.25) is 0 Å². The highest BCUT2D eigenvalue weighted by Crippen LogP contribution is 2.21. The lowest BCUT2D eigenvalue weighted by Gasteiger charge is -2.05. The molecule has 0 radical (unpaired) electrons. The third-order valence-electron chi connectivity index (χ3n) is 1.53. The monoisotopic (exact) mass is 204 g/mol. The summed E-state index contributed by atoms with van der Waals surface area (Å²) in [5.41, 5.74) is 1.29. The van der Waals surface area contributed by atoms with Crippen LogP contribution in [0.1, 0.15) is 25.0 Å². The Morgan fingerprint density at radius 1 is 1.00 bits per heavy atom. The van der Waals surface area contributed by atoms with Crippen molar-refractivity contribution in [3.05, 3.63) is 35.4 Å². The Kier molecular flexibility index (Phi) is 5.28. The van der Waals surface area contributed by atoms with Crippen molar-refractivity contribution in [2.75, 3.05) is 0 Å². The molecular formula is C11H15F3. The molecule has 0 unspecified atom stereocenters. The summed E-state index contributed by atoms with van der Waals surface area (Å²) in [7, 11) is 0. The molecule has 1 aromatic carbocycles. The Hall–Kier alpha value is -0.990. The summed E-state index contributed by atoms with van der Waals surface area (Å²) >= 11 is 0. The molecule has 14 heavy (non-hydrogen) atoms. The van der Waals surface area contributed by atoms with E-state index >= 15 is 0 Å². The van der Waals surface area contributed by atoms with Crippen molar-refractivity contribution in [3.8, 4) is 0 Å². The van der Waals surface area contributed by atoms with Crippen molar-refractivity contribution in [1.29, 1.82) is 0 Å². The Morgan fingerprint density at radius 2 is 1.43 bits per heavy atom. The van der Waals surface area contributed by atoms with Crippen molar-refractivity contribution in [2.45, 2.75) is 33.4 Å². The first-order chi connectivity index (χ1) is 6.47. The fourth-order valence-corrected chi connectivity index (χ4v) is 0.937. The molecule has 3 heteroatoms. The fourth-order valence-electron chi connectivity index (χ4n) is 0.937. The second kappa shape index (κ2) is 5.68. The normalized spacial score (nSPS) is 10.4. The van der Waals surface area contributed by atoms with E-state index in [1.807, 2.05) is 20.8 Å². The quantitative estimate of drug-likeness (QED) is 0.645. The molecule has 0 heterocycles. The molecule has 0 aliphatic carbocycles. The summed E-state index contributed by atoms with van der Waals surface area (Å²) in [6, 6.07) is 6.37. The lowest BCUT2D eigenvalue weighted by molar-refractivity contribution is -0.127. The van der Waals surface area contributed by atoms with Gasteiger partial charge in [-0.15, -0.1) is 0 Å². The highest BCUT2D eigenvalue weighted by Gasteiger charge is 2.27. The molecular weight excluding hydrogens is 189 g/mol. The zero-order chi connectivity index (χ0) is 11.2. The van der Waals surface area contributed by atoms with Gasteiger partial charge in [0.05, 0.1) is 6.42 Å². The van der Waals surface area contributed by atoms with Gasteiger partial charge < -0.3 is 0 Å². The second-order valence-corrected chi connectivity index (χ2v) is 2.78.